The van der Waals surface area contributed by atoms with Crippen molar-refractivity contribution >= 4 is 29.7 Å². The molecule has 0 spiro atoms. The van der Waals surface area contributed by atoms with Crippen LogP contribution in [0.2, 0.25) is 0 Å². The molecule has 1 atom stereocenters. The number of methoxy groups -OCH3 is 1. The van der Waals surface area contributed by atoms with Gasteiger partial charge in [0.05, 0.1) is 23.9 Å². The summed E-state index contributed by atoms with van der Waals surface area (Å²) in [5.74, 6) is 0.0741. The average Bonchev–Trinajstić information content (AvgIpc) is 2.64. The zero-order valence-electron chi connectivity index (χ0n) is 12.6. The van der Waals surface area contributed by atoms with E-state index in [1.165, 1.54) is 0 Å². The highest BCUT2D eigenvalue weighted by Gasteiger charge is 2.24. The largest absolute Gasteiger partial charge is 0.380 e. The lowest BCUT2D eigenvalue weighted by Crippen LogP contribution is -2.36. The number of nitrogens with zero attached hydrogens (tertiary/aromatic N) is 2. The summed E-state index contributed by atoms with van der Waals surface area (Å²) in [6.45, 7) is 2.05. The van der Waals surface area contributed by atoms with E-state index >= 15 is 0 Å². The minimum absolute atomic E-state index is 0. The number of carbonyl (C=O) groups excluding carboxylic acids is 1. The minimum atomic E-state index is -0.212. The lowest BCUT2D eigenvalue weighted by Gasteiger charge is -2.25. The van der Waals surface area contributed by atoms with Gasteiger partial charge in [-0.05, 0) is 18.6 Å². The Bertz CT molecular complexity index is 466. The van der Waals surface area contributed by atoms with Crippen LogP contribution in [0.1, 0.15) is 12.8 Å². The first-order valence-electron chi connectivity index (χ1n) is 7.00. The molecule has 1 aliphatic rings. The summed E-state index contributed by atoms with van der Waals surface area (Å²) in [6.07, 6.45) is 1.07. The van der Waals surface area contributed by atoms with Crippen LogP contribution in [0.15, 0.2) is 24.3 Å². The summed E-state index contributed by atoms with van der Waals surface area (Å²) >= 11 is 0. The van der Waals surface area contributed by atoms with E-state index in [9.17, 15) is 4.79 Å². The summed E-state index contributed by atoms with van der Waals surface area (Å²) in [7, 11) is 3.65. The van der Waals surface area contributed by atoms with E-state index in [0.717, 1.165) is 30.9 Å². The molecule has 0 aromatic heterocycles. The monoisotopic (exact) mass is 313 g/mol. The fourth-order valence-electron chi connectivity index (χ4n) is 2.55. The van der Waals surface area contributed by atoms with Gasteiger partial charge in [0.15, 0.2) is 0 Å². The predicted octanol–water partition coefficient (Wildman–Crippen LogP) is 1.65. The van der Waals surface area contributed by atoms with Crippen LogP contribution in [0.25, 0.3) is 0 Å². The topological polar surface area (TPSA) is 58.8 Å². The molecule has 2 N–H and O–H groups in total. The van der Waals surface area contributed by atoms with Crippen molar-refractivity contribution in [2.75, 3.05) is 43.6 Å². The van der Waals surface area contributed by atoms with Crippen LogP contribution >= 0.6 is 12.4 Å². The van der Waals surface area contributed by atoms with Crippen LogP contribution in [-0.2, 0) is 9.53 Å². The van der Waals surface area contributed by atoms with Crippen LogP contribution in [-0.4, -0.2) is 45.8 Å². The molecule has 1 amide bonds. The maximum atomic E-state index is 12.5. The van der Waals surface area contributed by atoms with Gasteiger partial charge in [-0.3, -0.25) is 4.79 Å². The number of ether oxygens (including phenoxy) is 1. The van der Waals surface area contributed by atoms with Crippen molar-refractivity contribution in [1.82, 2.24) is 0 Å². The Morgan fingerprint density at radius 1 is 1.33 bits per heavy atom. The Morgan fingerprint density at radius 2 is 2.00 bits per heavy atom. The summed E-state index contributed by atoms with van der Waals surface area (Å²) in [6, 6.07) is 8.02. The van der Waals surface area contributed by atoms with Crippen molar-refractivity contribution < 1.29 is 9.53 Å². The van der Waals surface area contributed by atoms with Crippen LogP contribution in [0.3, 0.4) is 0 Å². The van der Waals surface area contributed by atoms with Crippen molar-refractivity contribution in [3.05, 3.63) is 24.3 Å². The normalized spacial score (nSPS) is 15.8. The number of anilines is 2. The number of hydrogen-bond acceptors (Lipinski definition) is 4. The molecule has 1 aliphatic heterocycles. The molecule has 0 radical (unpaired) electrons. The van der Waals surface area contributed by atoms with Crippen LogP contribution in [0.5, 0.6) is 0 Å². The second-order valence-electron chi connectivity index (χ2n) is 5.11. The number of rotatable bonds is 4. The van der Waals surface area contributed by atoms with Gasteiger partial charge in [0, 0.05) is 33.8 Å². The quantitative estimate of drug-likeness (QED) is 0.918. The Balaban J connectivity index is 0.00000220. The predicted molar refractivity (Wildman–Crippen MR) is 88.4 cm³/mol. The van der Waals surface area contributed by atoms with Crippen molar-refractivity contribution in [3.63, 3.8) is 0 Å². The Hall–Kier alpha value is -1.30. The zero-order chi connectivity index (χ0) is 14.5. The first-order valence-corrected chi connectivity index (χ1v) is 7.00. The summed E-state index contributed by atoms with van der Waals surface area (Å²) in [5.41, 5.74) is 7.68. The molecule has 0 fully saturated rings. The number of benzene rings is 1. The summed E-state index contributed by atoms with van der Waals surface area (Å²) < 4.78 is 5.22. The Morgan fingerprint density at radius 3 is 2.62 bits per heavy atom. The minimum Gasteiger partial charge on any atom is -0.380 e. The SMILES string of the molecule is COC(CN)CC(=O)N1CCCN(C)c2ccccc21.Cl. The van der Waals surface area contributed by atoms with E-state index in [4.69, 9.17) is 10.5 Å². The van der Waals surface area contributed by atoms with Gasteiger partial charge in [0.2, 0.25) is 5.91 Å². The maximum absolute atomic E-state index is 12.5. The van der Waals surface area contributed by atoms with Crippen molar-refractivity contribution in [2.45, 2.75) is 18.9 Å². The highest BCUT2D eigenvalue weighted by molar-refractivity contribution is 5.97. The molecule has 1 unspecified atom stereocenters. The number of carbonyl (C=O) groups is 1. The standard InChI is InChI=1S/C15H23N3O2.ClH/c1-17-8-5-9-18(14-7-4-3-6-13(14)17)15(19)10-12(11-16)20-2;/h3-4,6-7,12H,5,8-11,16H2,1-2H3;1H. The van der Waals surface area contributed by atoms with Crippen LogP contribution in [0, 0.1) is 0 Å². The van der Waals surface area contributed by atoms with Crippen LogP contribution < -0.4 is 15.5 Å². The number of amides is 1. The molecule has 1 heterocycles. The van der Waals surface area contributed by atoms with E-state index in [1.807, 2.05) is 23.1 Å². The number of para-hydroxylation sites is 2. The fourth-order valence-corrected chi connectivity index (χ4v) is 2.55. The molecule has 118 valence electrons. The second-order valence-corrected chi connectivity index (χ2v) is 5.11. The molecule has 1 aromatic rings. The third-order valence-electron chi connectivity index (χ3n) is 3.76. The molecule has 5 nitrogen and oxygen atoms in total. The van der Waals surface area contributed by atoms with Gasteiger partial charge in [-0.1, -0.05) is 12.1 Å². The molecule has 21 heavy (non-hydrogen) atoms. The molecule has 0 saturated heterocycles. The number of nitrogens with two attached hydrogens (primary N) is 1. The van der Waals surface area contributed by atoms with Crippen molar-refractivity contribution in [3.8, 4) is 0 Å². The first kappa shape index (κ1) is 17.8. The molecule has 1 aromatic carbocycles. The average molecular weight is 314 g/mol. The first-order chi connectivity index (χ1) is 9.67. The van der Waals surface area contributed by atoms with Crippen LogP contribution in [0.4, 0.5) is 11.4 Å². The van der Waals surface area contributed by atoms with E-state index in [2.05, 4.69) is 18.0 Å². The number of fused-ring (bicyclic) bond motifs is 1. The number of halogens is 1. The lowest BCUT2D eigenvalue weighted by atomic mass is 10.2. The van der Waals surface area contributed by atoms with Gasteiger partial charge in [0.1, 0.15) is 0 Å². The molecular weight excluding hydrogens is 290 g/mol. The van der Waals surface area contributed by atoms with Crippen molar-refractivity contribution in [2.24, 2.45) is 5.73 Å². The number of hydrogen-bond donors (Lipinski definition) is 1. The van der Waals surface area contributed by atoms with Gasteiger partial charge in [-0.25, -0.2) is 0 Å². The maximum Gasteiger partial charge on any atom is 0.229 e. The second kappa shape index (κ2) is 8.22. The lowest BCUT2D eigenvalue weighted by molar-refractivity contribution is -0.120. The zero-order valence-corrected chi connectivity index (χ0v) is 13.4. The highest BCUT2D eigenvalue weighted by Crippen LogP contribution is 2.31. The Labute approximate surface area is 132 Å². The summed E-state index contributed by atoms with van der Waals surface area (Å²) in [4.78, 5) is 16.6. The molecule has 6 heteroatoms. The Kier molecular flexibility index (Phi) is 6.95. The molecule has 2 rings (SSSR count). The fraction of sp³-hybridized carbons (Fsp3) is 0.533. The highest BCUT2D eigenvalue weighted by atomic mass is 35.5. The third-order valence-corrected chi connectivity index (χ3v) is 3.76. The van der Waals surface area contributed by atoms with E-state index < -0.39 is 0 Å². The van der Waals surface area contributed by atoms with Gasteiger partial charge < -0.3 is 20.3 Å². The molecular formula is C15H24ClN3O2. The van der Waals surface area contributed by atoms with E-state index in [1.54, 1.807) is 7.11 Å². The van der Waals surface area contributed by atoms with E-state index in [-0.39, 0.29) is 24.4 Å². The summed E-state index contributed by atoms with van der Waals surface area (Å²) in [5, 5.41) is 0. The molecule has 0 bridgehead atoms. The molecule has 0 saturated carbocycles. The van der Waals surface area contributed by atoms with Crippen molar-refractivity contribution in [1.29, 1.82) is 0 Å². The van der Waals surface area contributed by atoms with Gasteiger partial charge >= 0.3 is 0 Å². The van der Waals surface area contributed by atoms with Gasteiger partial charge in [-0.15, -0.1) is 12.4 Å². The van der Waals surface area contributed by atoms with Gasteiger partial charge in [-0.2, -0.15) is 0 Å². The van der Waals surface area contributed by atoms with Gasteiger partial charge in [0.25, 0.3) is 0 Å². The third kappa shape index (κ3) is 4.09. The van der Waals surface area contributed by atoms with E-state index in [0.29, 0.717) is 13.0 Å². The molecule has 0 aliphatic carbocycles. The smallest absolute Gasteiger partial charge is 0.229 e.